The van der Waals surface area contributed by atoms with Gasteiger partial charge >= 0.3 is 0 Å². The lowest BCUT2D eigenvalue weighted by molar-refractivity contribution is 0.175. The lowest BCUT2D eigenvalue weighted by Gasteiger charge is -2.42. The molecule has 0 heterocycles. The molecule has 0 aromatic carbocycles. The van der Waals surface area contributed by atoms with Crippen LogP contribution in [0.2, 0.25) is 16.6 Å². The summed E-state index contributed by atoms with van der Waals surface area (Å²) in [6.07, 6.45) is 1.36. The van der Waals surface area contributed by atoms with Gasteiger partial charge in [0.1, 0.15) is 0 Å². The first-order chi connectivity index (χ1) is 8.93. The van der Waals surface area contributed by atoms with Crippen molar-refractivity contribution in [3.8, 4) is 0 Å². The molecule has 6 heteroatoms. The van der Waals surface area contributed by atoms with Crippen molar-refractivity contribution in [3.05, 3.63) is 0 Å². The predicted octanol–water partition coefficient (Wildman–Crippen LogP) is 3.93. The van der Waals surface area contributed by atoms with Gasteiger partial charge in [-0.3, -0.25) is 4.18 Å². The van der Waals surface area contributed by atoms with Gasteiger partial charge in [-0.15, -0.1) is 0 Å². The summed E-state index contributed by atoms with van der Waals surface area (Å²) in [7, 11) is -5.24. The van der Waals surface area contributed by atoms with Crippen LogP contribution in [0.5, 0.6) is 0 Å². The maximum absolute atomic E-state index is 11.1. The van der Waals surface area contributed by atoms with Crippen molar-refractivity contribution in [2.75, 3.05) is 12.9 Å². The highest BCUT2D eigenvalue weighted by Gasteiger charge is 2.44. The zero-order valence-corrected chi connectivity index (χ0v) is 16.1. The van der Waals surface area contributed by atoms with E-state index in [2.05, 4.69) is 41.5 Å². The lowest BCUT2D eigenvalue weighted by Crippen LogP contribution is -2.48. The molecule has 1 unspecified atom stereocenters. The molecule has 4 nitrogen and oxygen atoms in total. The lowest BCUT2D eigenvalue weighted by atomic mass is 10.3. The van der Waals surface area contributed by atoms with Crippen LogP contribution in [0.4, 0.5) is 0 Å². The first kappa shape index (κ1) is 20.1. The van der Waals surface area contributed by atoms with E-state index in [9.17, 15) is 8.42 Å². The molecule has 0 radical (unpaired) electrons. The van der Waals surface area contributed by atoms with Crippen molar-refractivity contribution in [1.82, 2.24) is 0 Å². The Balaban J connectivity index is 4.65. The second-order valence-corrected chi connectivity index (χ2v) is 13.6. The van der Waals surface area contributed by atoms with Gasteiger partial charge in [0.2, 0.25) is 0 Å². The normalized spacial score (nSPS) is 15.3. The minimum atomic E-state index is -3.38. The van der Waals surface area contributed by atoms with E-state index in [4.69, 9.17) is 8.61 Å². The van der Waals surface area contributed by atoms with Gasteiger partial charge in [-0.1, -0.05) is 41.5 Å². The van der Waals surface area contributed by atoms with Crippen molar-refractivity contribution in [2.24, 2.45) is 0 Å². The topological polar surface area (TPSA) is 52.6 Å². The Morgan fingerprint density at radius 2 is 1.30 bits per heavy atom. The first-order valence-electron chi connectivity index (χ1n) is 7.45. The number of hydrogen-bond donors (Lipinski definition) is 0. The van der Waals surface area contributed by atoms with E-state index in [1.165, 1.54) is 0 Å². The van der Waals surface area contributed by atoms with Gasteiger partial charge in [0.15, 0.2) is 8.32 Å². The standard InChI is InChI=1S/C14H32O4SSi/c1-11(2)20(12(3)4,13(5)6)17-10-9-14(7)18-19(8,15)16/h11-14H,9-10H2,1-8H3. The van der Waals surface area contributed by atoms with Crippen LogP contribution < -0.4 is 0 Å². The summed E-state index contributed by atoms with van der Waals surface area (Å²) in [5.41, 5.74) is 1.61. The quantitative estimate of drug-likeness (QED) is 0.476. The smallest absolute Gasteiger partial charge is 0.264 e. The molecule has 20 heavy (non-hydrogen) atoms. The Labute approximate surface area is 126 Å². The summed E-state index contributed by atoms with van der Waals surface area (Å²) in [5.74, 6) is 0. The fourth-order valence-electron chi connectivity index (χ4n) is 3.25. The van der Waals surface area contributed by atoms with E-state index < -0.39 is 18.4 Å². The molecule has 122 valence electrons. The van der Waals surface area contributed by atoms with Crippen molar-refractivity contribution in [2.45, 2.75) is 77.6 Å². The van der Waals surface area contributed by atoms with Gasteiger partial charge in [-0.25, -0.2) is 0 Å². The zero-order chi connectivity index (χ0) is 16.1. The largest absolute Gasteiger partial charge is 0.416 e. The second kappa shape index (κ2) is 7.92. The molecule has 0 rings (SSSR count). The van der Waals surface area contributed by atoms with Crippen molar-refractivity contribution < 1.29 is 17.0 Å². The number of hydrogen-bond acceptors (Lipinski definition) is 4. The summed E-state index contributed by atoms with van der Waals surface area (Å²) >= 11 is 0. The maximum atomic E-state index is 11.1. The minimum absolute atomic E-state index is 0.330. The molecular formula is C14H32O4SSi. The molecule has 0 aliphatic heterocycles. The Morgan fingerprint density at radius 1 is 0.900 bits per heavy atom. The minimum Gasteiger partial charge on any atom is -0.416 e. The summed E-state index contributed by atoms with van der Waals surface area (Å²) in [6, 6.07) is 0. The average Bonchev–Trinajstić information content (AvgIpc) is 2.19. The van der Waals surface area contributed by atoms with E-state index in [1.807, 2.05) is 0 Å². The molecule has 0 aromatic heterocycles. The summed E-state index contributed by atoms with van der Waals surface area (Å²) in [5, 5.41) is 0. The molecule has 0 aliphatic rings. The molecule has 0 aromatic rings. The molecule has 0 bridgehead atoms. The zero-order valence-electron chi connectivity index (χ0n) is 14.3. The maximum Gasteiger partial charge on any atom is 0.264 e. The molecule has 0 amide bonds. The van der Waals surface area contributed by atoms with Crippen LogP contribution >= 0.6 is 0 Å². The molecule has 0 spiro atoms. The van der Waals surface area contributed by atoms with Gasteiger partial charge in [0.25, 0.3) is 10.1 Å². The summed E-state index contributed by atoms with van der Waals surface area (Å²) in [4.78, 5) is 0. The van der Waals surface area contributed by atoms with E-state index in [1.54, 1.807) is 6.92 Å². The predicted molar refractivity (Wildman–Crippen MR) is 87.0 cm³/mol. The third kappa shape index (κ3) is 5.83. The van der Waals surface area contributed by atoms with Crippen molar-refractivity contribution >= 4 is 18.4 Å². The summed E-state index contributed by atoms with van der Waals surface area (Å²) < 4.78 is 33.4. The van der Waals surface area contributed by atoms with E-state index in [0.29, 0.717) is 29.7 Å². The van der Waals surface area contributed by atoms with Crippen LogP contribution in [0.1, 0.15) is 54.9 Å². The monoisotopic (exact) mass is 324 g/mol. The second-order valence-electron chi connectivity index (χ2n) is 6.57. The van der Waals surface area contributed by atoms with Crippen molar-refractivity contribution in [3.63, 3.8) is 0 Å². The third-order valence-corrected chi connectivity index (χ3v) is 10.7. The highest BCUT2D eigenvalue weighted by atomic mass is 32.2. The molecule has 0 saturated carbocycles. The van der Waals surface area contributed by atoms with E-state index in [0.717, 1.165) is 6.26 Å². The Kier molecular flexibility index (Phi) is 7.95. The van der Waals surface area contributed by atoms with Gasteiger partial charge in [0, 0.05) is 6.61 Å². The van der Waals surface area contributed by atoms with Gasteiger partial charge < -0.3 is 4.43 Å². The molecule has 0 saturated heterocycles. The van der Waals surface area contributed by atoms with Crippen LogP contribution in [-0.4, -0.2) is 35.7 Å². The molecular weight excluding hydrogens is 292 g/mol. The van der Waals surface area contributed by atoms with Gasteiger partial charge in [0.05, 0.1) is 12.4 Å². The highest BCUT2D eigenvalue weighted by molar-refractivity contribution is 7.86. The molecule has 0 N–H and O–H groups in total. The van der Waals surface area contributed by atoms with Gasteiger partial charge in [-0.05, 0) is 30.0 Å². The fourth-order valence-corrected chi connectivity index (χ4v) is 9.41. The van der Waals surface area contributed by atoms with E-state index >= 15 is 0 Å². The average molecular weight is 325 g/mol. The van der Waals surface area contributed by atoms with Crippen LogP contribution in [0.3, 0.4) is 0 Å². The van der Waals surface area contributed by atoms with Crippen LogP contribution in [0.25, 0.3) is 0 Å². The molecule has 0 aliphatic carbocycles. The van der Waals surface area contributed by atoms with Gasteiger partial charge in [-0.2, -0.15) is 8.42 Å². The van der Waals surface area contributed by atoms with Crippen LogP contribution in [-0.2, 0) is 18.7 Å². The molecule has 0 fully saturated rings. The fraction of sp³-hybridized carbons (Fsp3) is 1.00. The van der Waals surface area contributed by atoms with Crippen LogP contribution in [0.15, 0.2) is 0 Å². The van der Waals surface area contributed by atoms with Crippen molar-refractivity contribution in [1.29, 1.82) is 0 Å². The Bertz CT molecular complexity index is 355. The number of rotatable bonds is 9. The Morgan fingerprint density at radius 3 is 1.60 bits per heavy atom. The Hall–Kier alpha value is 0.0869. The third-order valence-electron chi connectivity index (χ3n) is 3.92. The molecule has 1 atom stereocenters. The highest BCUT2D eigenvalue weighted by Crippen LogP contribution is 2.42. The van der Waals surface area contributed by atoms with E-state index in [-0.39, 0.29) is 6.10 Å². The summed E-state index contributed by atoms with van der Waals surface area (Å²) in [6.45, 7) is 15.8. The van der Waals surface area contributed by atoms with Crippen LogP contribution in [0, 0.1) is 0 Å². The SMILES string of the molecule is CC(CCO[Si](C(C)C)(C(C)C)C(C)C)OS(C)(=O)=O. The first-order valence-corrected chi connectivity index (χ1v) is 11.4.